The number of fused-ring (bicyclic) bond motifs is 2. The van der Waals surface area contributed by atoms with E-state index in [1.807, 2.05) is 0 Å². The molecule has 0 saturated heterocycles. The predicted octanol–water partition coefficient (Wildman–Crippen LogP) is 4.57. The van der Waals surface area contributed by atoms with Crippen molar-refractivity contribution in [2.45, 2.75) is 0 Å². The minimum Gasteiger partial charge on any atom is -0.508 e. The molecule has 0 atom stereocenters. The fourth-order valence-corrected chi connectivity index (χ4v) is 4.35. The van der Waals surface area contributed by atoms with E-state index in [2.05, 4.69) is 0 Å². The molecule has 0 fully saturated rings. The van der Waals surface area contributed by atoms with Gasteiger partial charge in [0.2, 0.25) is 22.4 Å². The Labute approximate surface area is 245 Å². The number of phenols is 6. The molecule has 13 nitrogen and oxygen atoms in total. The lowest BCUT2D eigenvalue weighted by atomic mass is 10.1. The van der Waals surface area contributed by atoms with Gasteiger partial charge in [-0.05, 0) is 42.5 Å². The number of ether oxygens (including phenoxy) is 1. The summed E-state index contributed by atoms with van der Waals surface area (Å²) in [7, 11) is 1.52. The van der Waals surface area contributed by atoms with Gasteiger partial charge in [0.05, 0.1) is 7.11 Å². The fourth-order valence-electron chi connectivity index (χ4n) is 4.35. The second kappa shape index (κ2) is 11.1. The van der Waals surface area contributed by atoms with Gasteiger partial charge in [-0.15, -0.1) is 0 Å². The molecule has 4 aromatic carbocycles. The van der Waals surface area contributed by atoms with E-state index in [1.165, 1.54) is 19.2 Å². The largest absolute Gasteiger partial charge is 0.508 e. The molecule has 0 amide bonds. The molecule has 0 unspecified atom stereocenters. The molecule has 0 bridgehead atoms. The highest BCUT2D eigenvalue weighted by Crippen LogP contribution is 2.38. The molecule has 8 N–H and O–H groups in total. The first-order valence-corrected chi connectivity index (χ1v) is 12.5. The molecule has 224 valence electrons. The third-order valence-corrected chi connectivity index (χ3v) is 6.46. The van der Waals surface area contributed by atoms with Gasteiger partial charge in [0.15, 0.2) is 23.0 Å². The predicted molar refractivity (Wildman–Crippen MR) is 156 cm³/mol. The maximum Gasteiger partial charge on any atom is 0.238 e. The number of hydrogen-bond donors (Lipinski definition) is 8. The highest BCUT2D eigenvalue weighted by atomic mass is 16.5. The Balaban J connectivity index is 0.000000175. The smallest absolute Gasteiger partial charge is 0.238 e. The van der Waals surface area contributed by atoms with Crippen molar-refractivity contribution in [3.05, 3.63) is 87.2 Å². The first-order chi connectivity index (χ1) is 20.9. The van der Waals surface area contributed by atoms with Crippen molar-refractivity contribution in [3.63, 3.8) is 0 Å². The van der Waals surface area contributed by atoms with E-state index in [0.29, 0.717) is 11.3 Å². The average molecular weight is 603 g/mol. The summed E-state index contributed by atoms with van der Waals surface area (Å²) >= 11 is 0. The molecule has 44 heavy (non-hydrogen) atoms. The van der Waals surface area contributed by atoms with E-state index in [4.69, 9.17) is 13.6 Å². The van der Waals surface area contributed by atoms with Crippen LogP contribution in [0.15, 0.2) is 85.2 Å². The molecule has 6 rings (SSSR count). The van der Waals surface area contributed by atoms with Crippen LogP contribution in [0.2, 0.25) is 0 Å². The summed E-state index contributed by atoms with van der Waals surface area (Å²) in [6.45, 7) is 0. The summed E-state index contributed by atoms with van der Waals surface area (Å²) in [5, 5.41) is 76.7. The van der Waals surface area contributed by atoms with Crippen molar-refractivity contribution in [2.75, 3.05) is 7.11 Å². The zero-order valence-electron chi connectivity index (χ0n) is 22.5. The Hall–Kier alpha value is -6.50. The standard InChI is InChI=1S/C16H12O6.C15H10O7/c1-21-10-4-2-8(3-5-10)16-15(20)14(19)13-11(18)6-9(17)7-12(13)22-16;16-7-4-10(19)12-11(5-7)22-15(14(21)13(12)20)6-1-2-8(17)9(18)3-6/h2-7,17-18,20H,1H3;1-5,16-19,21H. The Morgan fingerprint density at radius 1 is 0.523 bits per heavy atom. The lowest BCUT2D eigenvalue weighted by Gasteiger charge is -2.08. The molecule has 2 heterocycles. The molecule has 13 heteroatoms. The van der Waals surface area contributed by atoms with Gasteiger partial charge < -0.3 is 54.4 Å². The van der Waals surface area contributed by atoms with Crippen LogP contribution >= 0.6 is 0 Å². The van der Waals surface area contributed by atoms with Crippen LogP contribution < -0.4 is 15.6 Å². The number of hydrogen-bond acceptors (Lipinski definition) is 13. The lowest BCUT2D eigenvalue weighted by Crippen LogP contribution is -2.03. The van der Waals surface area contributed by atoms with Crippen molar-refractivity contribution >= 4 is 21.9 Å². The van der Waals surface area contributed by atoms with Gasteiger partial charge in [-0.3, -0.25) is 9.59 Å². The number of benzene rings is 4. The van der Waals surface area contributed by atoms with Crippen molar-refractivity contribution < 1.29 is 54.4 Å². The molecule has 0 radical (unpaired) electrons. The molecule has 2 aromatic heterocycles. The van der Waals surface area contributed by atoms with Gasteiger partial charge in [0.25, 0.3) is 0 Å². The molecular weight excluding hydrogens is 580 g/mol. The highest BCUT2D eigenvalue weighted by molar-refractivity contribution is 5.89. The Morgan fingerprint density at radius 3 is 1.43 bits per heavy atom. The van der Waals surface area contributed by atoms with Gasteiger partial charge in [0.1, 0.15) is 50.7 Å². The Bertz CT molecular complexity index is 2180. The van der Waals surface area contributed by atoms with Crippen LogP contribution in [0.5, 0.6) is 51.7 Å². The van der Waals surface area contributed by atoms with Crippen molar-refractivity contribution in [2.24, 2.45) is 0 Å². The van der Waals surface area contributed by atoms with E-state index in [9.17, 15) is 50.4 Å². The summed E-state index contributed by atoms with van der Waals surface area (Å²) in [5.41, 5.74) is -1.23. The lowest BCUT2D eigenvalue weighted by molar-refractivity contribution is 0.403. The zero-order valence-corrected chi connectivity index (χ0v) is 22.5. The second-order valence-electron chi connectivity index (χ2n) is 9.33. The summed E-state index contributed by atoms with van der Waals surface area (Å²) in [4.78, 5) is 24.3. The van der Waals surface area contributed by atoms with Gasteiger partial charge >= 0.3 is 0 Å². The molecule has 0 aliphatic heterocycles. The Morgan fingerprint density at radius 2 is 0.977 bits per heavy atom. The van der Waals surface area contributed by atoms with Crippen LogP contribution in [-0.2, 0) is 0 Å². The summed E-state index contributed by atoms with van der Waals surface area (Å²) < 4.78 is 15.9. The van der Waals surface area contributed by atoms with Gasteiger partial charge in [-0.25, -0.2) is 0 Å². The summed E-state index contributed by atoms with van der Waals surface area (Å²) in [5.74, 6) is -3.47. The second-order valence-corrected chi connectivity index (χ2v) is 9.33. The van der Waals surface area contributed by atoms with Crippen molar-refractivity contribution in [3.8, 4) is 74.4 Å². The first-order valence-electron chi connectivity index (χ1n) is 12.5. The topological polar surface area (TPSA) is 231 Å². The van der Waals surface area contributed by atoms with Gasteiger partial charge in [-0.2, -0.15) is 0 Å². The van der Waals surface area contributed by atoms with Crippen molar-refractivity contribution in [1.29, 1.82) is 0 Å². The Kier molecular flexibility index (Phi) is 7.29. The van der Waals surface area contributed by atoms with Crippen molar-refractivity contribution in [1.82, 2.24) is 0 Å². The number of methoxy groups -OCH3 is 1. The van der Waals surface area contributed by atoms with Crippen LogP contribution in [-0.4, -0.2) is 48.0 Å². The van der Waals surface area contributed by atoms with E-state index in [0.717, 1.165) is 30.3 Å². The highest BCUT2D eigenvalue weighted by Gasteiger charge is 2.20. The van der Waals surface area contributed by atoms with E-state index in [-0.39, 0.29) is 56.3 Å². The molecule has 0 spiro atoms. The van der Waals surface area contributed by atoms with Crippen LogP contribution in [0.1, 0.15) is 0 Å². The monoisotopic (exact) mass is 602 g/mol. The van der Waals surface area contributed by atoms with E-state index in [1.54, 1.807) is 24.3 Å². The summed E-state index contributed by atoms with van der Waals surface area (Å²) in [6, 6.07) is 14.4. The number of rotatable bonds is 3. The SMILES string of the molecule is COc1ccc(-c2oc3cc(O)cc(O)c3c(=O)c2O)cc1.O=c1c(O)c(-c2ccc(O)c(O)c2)oc2cc(O)cc(O)c12. The molecule has 6 aromatic rings. The summed E-state index contributed by atoms with van der Waals surface area (Å²) in [6.07, 6.45) is 0. The number of phenolic OH excluding ortho intramolecular Hbond substituents is 6. The molecule has 0 aliphatic rings. The maximum absolute atomic E-state index is 12.2. The van der Waals surface area contributed by atoms with Gasteiger partial charge in [0, 0.05) is 35.4 Å². The molecule has 0 aliphatic carbocycles. The normalized spacial score (nSPS) is 10.8. The van der Waals surface area contributed by atoms with Crippen LogP contribution in [0, 0.1) is 0 Å². The third kappa shape index (κ3) is 5.16. The maximum atomic E-state index is 12.2. The van der Waals surface area contributed by atoms with Crippen LogP contribution in [0.4, 0.5) is 0 Å². The van der Waals surface area contributed by atoms with Crippen LogP contribution in [0.25, 0.3) is 44.6 Å². The van der Waals surface area contributed by atoms with Gasteiger partial charge in [-0.1, -0.05) is 0 Å². The van der Waals surface area contributed by atoms with Crippen LogP contribution in [0.3, 0.4) is 0 Å². The minimum atomic E-state index is -0.888. The minimum absolute atomic E-state index is 0.0221. The first kappa shape index (κ1) is 29.0. The van der Waals surface area contributed by atoms with E-state index < -0.39 is 39.6 Å². The quantitative estimate of drug-likeness (QED) is 0.130. The zero-order chi connectivity index (χ0) is 31.9. The molecular formula is C31H22O13. The third-order valence-electron chi connectivity index (χ3n) is 6.46. The van der Waals surface area contributed by atoms with E-state index >= 15 is 0 Å². The molecule has 0 saturated carbocycles. The number of aromatic hydroxyl groups is 8. The average Bonchev–Trinajstić information content (AvgIpc) is 2.98. The fraction of sp³-hybridized carbons (Fsp3) is 0.0323.